The van der Waals surface area contributed by atoms with Crippen LogP contribution in [0.1, 0.15) is 0 Å². The zero-order valence-electron chi connectivity index (χ0n) is 4.37. The lowest BCUT2D eigenvalue weighted by Gasteiger charge is -2.03. The summed E-state index contributed by atoms with van der Waals surface area (Å²) >= 11 is 0. The number of hydrogen-bond donors (Lipinski definition) is 4. The molecule has 0 aliphatic carbocycles. The minimum absolute atomic E-state index is 1.41. The monoisotopic (exact) mass is 134 g/mol. The minimum atomic E-state index is -1.54. The highest BCUT2D eigenvalue weighted by atomic mass is 16.4. The van der Waals surface area contributed by atoms with Gasteiger partial charge in [0, 0.05) is 0 Å². The molecule has 0 spiro atoms. The Hall–Kier alpha value is -1.30. The van der Waals surface area contributed by atoms with Crippen LogP contribution in [0.2, 0.25) is 0 Å². The lowest BCUT2D eigenvalue weighted by Crippen LogP contribution is -2.46. The lowest BCUT2D eigenvalue weighted by molar-refractivity contribution is -0.139. The molecule has 0 unspecified atom stereocenters. The molecule has 0 heterocycles. The first-order valence-electron chi connectivity index (χ1n) is 2.02. The molecule has 52 valence electrons. The van der Waals surface area contributed by atoms with Crippen LogP contribution in [0.25, 0.3) is 0 Å². The summed E-state index contributed by atoms with van der Waals surface area (Å²) in [7, 11) is 0. The number of aliphatic carboxylic acids is 1. The van der Waals surface area contributed by atoms with Crippen molar-refractivity contribution >= 4 is 12.1 Å². The minimum Gasteiger partial charge on any atom is -0.479 e. The quantitative estimate of drug-likeness (QED) is 0.348. The van der Waals surface area contributed by atoms with Gasteiger partial charge < -0.3 is 15.9 Å². The van der Waals surface area contributed by atoms with Crippen LogP contribution in [0.5, 0.6) is 0 Å². The molecule has 1 atom stereocenters. The third kappa shape index (κ3) is 3.30. The maximum absolute atomic E-state index is 9.78. The zero-order valence-corrected chi connectivity index (χ0v) is 4.37. The third-order valence-electron chi connectivity index (χ3n) is 0.545. The van der Waals surface area contributed by atoms with Gasteiger partial charge in [-0.15, -0.1) is 0 Å². The molecular formula is C3H6N2O4. The molecule has 0 aromatic rings. The van der Waals surface area contributed by atoms with Gasteiger partial charge >= 0.3 is 12.1 Å². The van der Waals surface area contributed by atoms with E-state index in [1.807, 2.05) is 0 Å². The number of nitrogens with one attached hydrogen (secondary N) is 1. The van der Waals surface area contributed by atoms with Crippen LogP contribution in [0.3, 0.4) is 0 Å². The number of hydrogen-bond acceptors (Lipinski definition) is 3. The van der Waals surface area contributed by atoms with Crippen molar-refractivity contribution < 1.29 is 19.8 Å². The van der Waals surface area contributed by atoms with Gasteiger partial charge in [0.1, 0.15) is 0 Å². The molecule has 0 radical (unpaired) electrons. The van der Waals surface area contributed by atoms with E-state index in [1.165, 1.54) is 5.32 Å². The fourth-order valence-corrected chi connectivity index (χ4v) is 0.195. The van der Waals surface area contributed by atoms with E-state index in [0.717, 1.165) is 0 Å². The summed E-state index contributed by atoms with van der Waals surface area (Å²) in [5.74, 6) is -1.41. The summed E-state index contributed by atoms with van der Waals surface area (Å²) in [6.45, 7) is 0. The number of carboxylic acid groups (broad SMARTS) is 2. The van der Waals surface area contributed by atoms with Crippen molar-refractivity contribution in [2.75, 3.05) is 0 Å². The smallest absolute Gasteiger partial charge is 0.406 e. The number of nitrogens with two attached hydrogens (primary N) is 1. The molecule has 5 N–H and O–H groups in total. The van der Waals surface area contributed by atoms with Gasteiger partial charge in [0.15, 0.2) is 6.17 Å². The molecule has 9 heavy (non-hydrogen) atoms. The third-order valence-corrected chi connectivity index (χ3v) is 0.545. The van der Waals surface area contributed by atoms with Crippen molar-refractivity contribution in [1.82, 2.24) is 5.32 Å². The van der Waals surface area contributed by atoms with E-state index in [2.05, 4.69) is 0 Å². The van der Waals surface area contributed by atoms with Crippen LogP contribution in [-0.4, -0.2) is 28.4 Å². The Morgan fingerprint density at radius 3 is 2.00 bits per heavy atom. The van der Waals surface area contributed by atoms with Crippen molar-refractivity contribution in [3.05, 3.63) is 0 Å². The second-order valence-electron chi connectivity index (χ2n) is 1.27. The average Bonchev–Trinajstić information content (AvgIpc) is 1.63. The van der Waals surface area contributed by atoms with Crippen LogP contribution in [0.4, 0.5) is 4.79 Å². The van der Waals surface area contributed by atoms with Crippen LogP contribution < -0.4 is 11.1 Å². The molecule has 0 aromatic heterocycles. The average molecular weight is 134 g/mol. The summed E-state index contributed by atoms with van der Waals surface area (Å²) in [4.78, 5) is 19.4. The SMILES string of the molecule is N[C@@H](NC(=O)O)C(=O)O. The van der Waals surface area contributed by atoms with Gasteiger partial charge in [-0.05, 0) is 0 Å². The van der Waals surface area contributed by atoms with Crippen LogP contribution in [-0.2, 0) is 4.79 Å². The van der Waals surface area contributed by atoms with Crippen molar-refractivity contribution in [3.8, 4) is 0 Å². The number of rotatable bonds is 2. The molecular weight excluding hydrogens is 128 g/mol. The lowest BCUT2D eigenvalue weighted by atomic mass is 10.5. The second kappa shape index (κ2) is 2.88. The Morgan fingerprint density at radius 2 is 1.89 bits per heavy atom. The summed E-state index contributed by atoms with van der Waals surface area (Å²) in [5.41, 5.74) is 4.73. The van der Waals surface area contributed by atoms with E-state index >= 15 is 0 Å². The molecule has 0 bridgehead atoms. The number of carbonyl (C=O) groups is 2. The molecule has 0 saturated carbocycles. The predicted octanol–water partition coefficient (Wildman–Crippen LogP) is -1.38. The Bertz CT molecular complexity index is 134. The standard InChI is InChI=1S/C3H6N2O4/c4-1(2(6)7)5-3(8)9/h1,5H,4H2,(H,6,7)(H,8,9)/t1-/m0/s1. The van der Waals surface area contributed by atoms with Gasteiger partial charge in [-0.2, -0.15) is 0 Å². The van der Waals surface area contributed by atoms with Crippen molar-refractivity contribution in [2.24, 2.45) is 5.73 Å². The van der Waals surface area contributed by atoms with Crippen LogP contribution in [0.15, 0.2) is 0 Å². The predicted molar refractivity (Wildman–Crippen MR) is 26.8 cm³/mol. The van der Waals surface area contributed by atoms with E-state index < -0.39 is 18.2 Å². The molecule has 0 aromatic carbocycles. The van der Waals surface area contributed by atoms with Crippen LogP contribution >= 0.6 is 0 Å². The summed E-state index contributed by atoms with van der Waals surface area (Å²) in [6.07, 6.45) is -2.99. The van der Waals surface area contributed by atoms with Gasteiger partial charge in [-0.3, -0.25) is 5.32 Å². The first kappa shape index (κ1) is 7.70. The van der Waals surface area contributed by atoms with E-state index in [1.54, 1.807) is 0 Å². The fourth-order valence-electron chi connectivity index (χ4n) is 0.195. The first-order chi connectivity index (χ1) is 4.04. The number of amides is 1. The zero-order chi connectivity index (χ0) is 7.44. The Labute approximate surface area is 50.3 Å². The van der Waals surface area contributed by atoms with Gasteiger partial charge in [0.25, 0.3) is 0 Å². The van der Waals surface area contributed by atoms with E-state index in [-0.39, 0.29) is 0 Å². The molecule has 0 fully saturated rings. The Balaban J connectivity index is 3.63. The highest BCUT2D eigenvalue weighted by Gasteiger charge is 2.12. The van der Waals surface area contributed by atoms with E-state index in [9.17, 15) is 9.59 Å². The van der Waals surface area contributed by atoms with Crippen molar-refractivity contribution in [1.29, 1.82) is 0 Å². The van der Waals surface area contributed by atoms with Gasteiger partial charge in [0.05, 0.1) is 0 Å². The normalized spacial score (nSPS) is 12.1. The maximum atomic E-state index is 9.78. The first-order valence-corrected chi connectivity index (χ1v) is 2.02. The fraction of sp³-hybridized carbons (Fsp3) is 0.333. The molecule has 6 nitrogen and oxygen atoms in total. The molecule has 0 rings (SSSR count). The Morgan fingerprint density at radius 1 is 1.44 bits per heavy atom. The molecule has 0 aliphatic rings. The molecule has 1 amide bonds. The molecule has 0 saturated heterocycles. The van der Waals surface area contributed by atoms with Crippen LogP contribution in [0, 0.1) is 0 Å². The van der Waals surface area contributed by atoms with Crippen molar-refractivity contribution in [3.63, 3.8) is 0 Å². The van der Waals surface area contributed by atoms with E-state index in [4.69, 9.17) is 15.9 Å². The van der Waals surface area contributed by atoms with E-state index in [0.29, 0.717) is 0 Å². The largest absolute Gasteiger partial charge is 0.479 e. The highest BCUT2D eigenvalue weighted by molar-refractivity contribution is 5.78. The summed E-state index contributed by atoms with van der Waals surface area (Å²) in [5, 5.41) is 17.4. The highest BCUT2D eigenvalue weighted by Crippen LogP contribution is 1.70. The summed E-state index contributed by atoms with van der Waals surface area (Å²) in [6, 6.07) is 0. The summed E-state index contributed by atoms with van der Waals surface area (Å²) < 4.78 is 0. The van der Waals surface area contributed by atoms with Gasteiger partial charge in [-0.25, -0.2) is 9.59 Å². The topological polar surface area (TPSA) is 113 Å². The molecule has 0 aliphatic heterocycles. The van der Waals surface area contributed by atoms with Crippen molar-refractivity contribution in [2.45, 2.75) is 6.17 Å². The molecule has 6 heteroatoms. The van der Waals surface area contributed by atoms with Gasteiger partial charge in [-0.1, -0.05) is 0 Å². The Kier molecular flexibility index (Phi) is 2.46. The maximum Gasteiger partial charge on any atom is 0.406 e. The number of carboxylic acids is 1. The van der Waals surface area contributed by atoms with Gasteiger partial charge in [0.2, 0.25) is 0 Å². The second-order valence-corrected chi connectivity index (χ2v) is 1.27.